The first-order valence-electron chi connectivity index (χ1n) is 10.4. The molecule has 4 heteroatoms. The summed E-state index contributed by atoms with van der Waals surface area (Å²) in [5, 5.41) is 0.380. The monoisotopic (exact) mass is 368 g/mol. The van der Waals surface area contributed by atoms with Crippen molar-refractivity contribution in [1.82, 2.24) is 0 Å². The number of ketones is 2. The van der Waals surface area contributed by atoms with Gasteiger partial charge in [-0.2, -0.15) is 0 Å². The zero-order valence-corrected chi connectivity index (χ0v) is 17.0. The second kappa shape index (κ2) is 11.4. The molecule has 3 aliphatic rings. The molecule has 2 saturated heterocycles. The van der Waals surface area contributed by atoms with Crippen LogP contribution in [0.2, 0.25) is 0 Å². The Bertz CT molecular complexity index is 409. The van der Waals surface area contributed by atoms with Crippen LogP contribution in [0.25, 0.3) is 0 Å². The molecular weight excluding hydrogens is 332 g/mol. The first-order chi connectivity index (χ1) is 12.1. The molecule has 25 heavy (non-hydrogen) atoms. The van der Waals surface area contributed by atoms with Crippen LogP contribution < -0.4 is 0 Å². The van der Waals surface area contributed by atoms with Gasteiger partial charge in [-0.25, -0.2) is 0 Å². The SMILES string of the molecule is CC1CCCCCC1.CCC1CC(=O)C(CC(=O)C2CCOCC2)S1. The van der Waals surface area contributed by atoms with Crippen molar-refractivity contribution >= 4 is 23.3 Å². The number of carbonyl (C=O) groups is 2. The third-order valence-corrected chi connectivity index (χ3v) is 7.45. The van der Waals surface area contributed by atoms with Gasteiger partial charge in [0.1, 0.15) is 11.6 Å². The molecule has 0 aromatic rings. The highest BCUT2D eigenvalue weighted by molar-refractivity contribution is 8.01. The Balaban J connectivity index is 0.000000236. The Kier molecular flexibility index (Phi) is 9.54. The molecule has 3 rings (SSSR count). The van der Waals surface area contributed by atoms with E-state index in [1.54, 1.807) is 11.8 Å². The Morgan fingerprint density at radius 3 is 2.28 bits per heavy atom. The Morgan fingerprint density at radius 1 is 1.08 bits per heavy atom. The second-order valence-corrected chi connectivity index (χ2v) is 9.49. The van der Waals surface area contributed by atoms with Crippen molar-refractivity contribution in [3.63, 3.8) is 0 Å². The molecule has 0 radical (unpaired) electrons. The van der Waals surface area contributed by atoms with Gasteiger partial charge in [-0.3, -0.25) is 9.59 Å². The summed E-state index contributed by atoms with van der Waals surface area (Å²) in [5.41, 5.74) is 0. The van der Waals surface area contributed by atoms with Gasteiger partial charge in [0.2, 0.25) is 0 Å². The quantitative estimate of drug-likeness (QED) is 0.640. The van der Waals surface area contributed by atoms with Crippen molar-refractivity contribution < 1.29 is 14.3 Å². The molecule has 144 valence electrons. The van der Waals surface area contributed by atoms with Crippen molar-refractivity contribution in [2.75, 3.05) is 13.2 Å². The van der Waals surface area contributed by atoms with Crippen molar-refractivity contribution in [1.29, 1.82) is 0 Å². The van der Waals surface area contributed by atoms with Gasteiger partial charge in [0.05, 0.1) is 5.25 Å². The van der Waals surface area contributed by atoms with Crippen LogP contribution in [0, 0.1) is 11.8 Å². The van der Waals surface area contributed by atoms with E-state index in [0.29, 0.717) is 31.3 Å². The lowest BCUT2D eigenvalue weighted by Crippen LogP contribution is -2.27. The maximum Gasteiger partial charge on any atom is 0.147 e. The number of hydrogen-bond donors (Lipinski definition) is 0. The van der Waals surface area contributed by atoms with Crippen LogP contribution in [0.5, 0.6) is 0 Å². The van der Waals surface area contributed by atoms with Gasteiger partial charge < -0.3 is 4.74 Å². The summed E-state index contributed by atoms with van der Waals surface area (Å²) in [6, 6.07) is 0. The number of ether oxygens (including phenoxy) is 1. The van der Waals surface area contributed by atoms with E-state index >= 15 is 0 Å². The predicted molar refractivity (Wildman–Crippen MR) is 105 cm³/mol. The lowest BCUT2D eigenvalue weighted by molar-refractivity contribution is -0.128. The highest BCUT2D eigenvalue weighted by Crippen LogP contribution is 2.35. The minimum atomic E-state index is -0.0599. The molecule has 3 fully saturated rings. The maximum absolute atomic E-state index is 12.1. The van der Waals surface area contributed by atoms with E-state index in [-0.39, 0.29) is 22.7 Å². The minimum absolute atomic E-state index is 0.0599. The zero-order valence-electron chi connectivity index (χ0n) is 16.1. The van der Waals surface area contributed by atoms with Gasteiger partial charge in [0.15, 0.2) is 0 Å². The molecule has 2 atom stereocenters. The van der Waals surface area contributed by atoms with Crippen LogP contribution in [0.4, 0.5) is 0 Å². The molecule has 0 spiro atoms. The highest BCUT2D eigenvalue weighted by atomic mass is 32.2. The fraction of sp³-hybridized carbons (Fsp3) is 0.905. The summed E-state index contributed by atoms with van der Waals surface area (Å²) in [6.45, 7) is 5.87. The molecular formula is C21H36O3S. The van der Waals surface area contributed by atoms with Gasteiger partial charge in [-0.15, -0.1) is 11.8 Å². The third-order valence-electron chi connectivity index (χ3n) is 5.81. The van der Waals surface area contributed by atoms with Gasteiger partial charge in [0.25, 0.3) is 0 Å². The molecule has 0 bridgehead atoms. The fourth-order valence-corrected chi connectivity index (χ4v) is 5.39. The van der Waals surface area contributed by atoms with Crippen LogP contribution in [0.3, 0.4) is 0 Å². The molecule has 2 heterocycles. The van der Waals surface area contributed by atoms with E-state index in [1.807, 2.05) is 0 Å². The summed E-state index contributed by atoms with van der Waals surface area (Å²) in [7, 11) is 0. The topological polar surface area (TPSA) is 43.4 Å². The minimum Gasteiger partial charge on any atom is -0.381 e. The maximum atomic E-state index is 12.1. The normalized spacial score (nSPS) is 29.0. The average molecular weight is 369 g/mol. The number of Topliss-reactive ketones (excluding diaryl/α,β-unsaturated/α-hetero) is 2. The molecule has 0 aromatic carbocycles. The van der Waals surface area contributed by atoms with Crippen LogP contribution in [-0.2, 0) is 14.3 Å². The molecule has 1 aliphatic carbocycles. The van der Waals surface area contributed by atoms with E-state index in [9.17, 15) is 9.59 Å². The average Bonchev–Trinajstić information content (AvgIpc) is 2.82. The van der Waals surface area contributed by atoms with Crippen molar-refractivity contribution in [3.05, 3.63) is 0 Å². The zero-order chi connectivity index (χ0) is 18.1. The summed E-state index contributed by atoms with van der Waals surface area (Å²) < 4.78 is 5.25. The van der Waals surface area contributed by atoms with Gasteiger partial charge in [-0.05, 0) is 25.2 Å². The molecule has 3 nitrogen and oxygen atoms in total. The Hall–Kier alpha value is -0.350. The van der Waals surface area contributed by atoms with Gasteiger partial charge in [0, 0.05) is 37.2 Å². The van der Waals surface area contributed by atoms with Crippen molar-refractivity contribution in [3.8, 4) is 0 Å². The number of thioether (sulfide) groups is 1. The lowest BCUT2D eigenvalue weighted by Gasteiger charge is -2.21. The van der Waals surface area contributed by atoms with Crippen LogP contribution >= 0.6 is 11.8 Å². The van der Waals surface area contributed by atoms with Gasteiger partial charge >= 0.3 is 0 Å². The smallest absolute Gasteiger partial charge is 0.147 e. The number of carbonyl (C=O) groups excluding carboxylic acids is 2. The lowest BCUT2D eigenvalue weighted by atomic mass is 9.92. The summed E-state index contributed by atoms with van der Waals surface area (Å²) in [4.78, 5) is 23.8. The van der Waals surface area contributed by atoms with E-state index in [4.69, 9.17) is 4.74 Å². The highest BCUT2D eigenvalue weighted by Gasteiger charge is 2.35. The Morgan fingerprint density at radius 2 is 1.72 bits per heavy atom. The van der Waals surface area contributed by atoms with E-state index < -0.39 is 0 Å². The first kappa shape index (κ1) is 21.0. The van der Waals surface area contributed by atoms with Crippen LogP contribution in [0.1, 0.15) is 84.5 Å². The third kappa shape index (κ3) is 7.42. The summed E-state index contributed by atoms with van der Waals surface area (Å²) in [6.07, 6.45) is 12.7. The predicted octanol–water partition coefficient (Wildman–Crippen LogP) is 5.20. The van der Waals surface area contributed by atoms with Crippen molar-refractivity contribution in [2.45, 2.75) is 95.0 Å². The molecule has 1 saturated carbocycles. The van der Waals surface area contributed by atoms with E-state index in [1.165, 1.54) is 38.5 Å². The molecule has 0 N–H and O–H groups in total. The van der Waals surface area contributed by atoms with Crippen molar-refractivity contribution in [2.24, 2.45) is 11.8 Å². The molecule has 0 aromatic heterocycles. The first-order valence-corrected chi connectivity index (χ1v) is 11.3. The standard InChI is InChI=1S/C13H20O3S.C8H16/c1-2-10-7-12(15)13(17-10)8-11(14)9-3-5-16-6-4-9;1-8-6-4-2-3-5-7-8/h9-10,13H,2-8H2,1H3;8H,2-7H2,1H3. The molecule has 2 unspecified atom stereocenters. The number of hydrogen-bond acceptors (Lipinski definition) is 4. The van der Waals surface area contributed by atoms with E-state index in [0.717, 1.165) is 25.2 Å². The molecule has 0 amide bonds. The fourth-order valence-electron chi connectivity index (χ4n) is 3.97. The Labute approximate surface area is 158 Å². The summed E-state index contributed by atoms with van der Waals surface area (Å²) in [5.74, 6) is 1.72. The number of rotatable bonds is 4. The van der Waals surface area contributed by atoms with Crippen LogP contribution in [-0.4, -0.2) is 35.3 Å². The summed E-state index contributed by atoms with van der Waals surface area (Å²) >= 11 is 1.71. The van der Waals surface area contributed by atoms with Crippen LogP contribution in [0.15, 0.2) is 0 Å². The molecule has 2 aliphatic heterocycles. The van der Waals surface area contributed by atoms with E-state index in [2.05, 4.69) is 13.8 Å². The van der Waals surface area contributed by atoms with Gasteiger partial charge in [-0.1, -0.05) is 52.4 Å². The second-order valence-electron chi connectivity index (χ2n) is 7.98. The largest absolute Gasteiger partial charge is 0.381 e.